The molecule has 0 aliphatic heterocycles. The van der Waals surface area contributed by atoms with Gasteiger partial charge in [0.15, 0.2) is 0 Å². The summed E-state index contributed by atoms with van der Waals surface area (Å²) in [5.74, 6) is 0.239. The lowest BCUT2D eigenvalue weighted by atomic mass is 10.2. The quantitative estimate of drug-likeness (QED) is 0.699. The van der Waals surface area contributed by atoms with Crippen LogP contribution in [-0.2, 0) is 16.1 Å². The number of esters is 1. The number of benzene rings is 2. The molecule has 0 aliphatic carbocycles. The number of carbonyl (C=O) groups is 2. The van der Waals surface area contributed by atoms with Gasteiger partial charge < -0.3 is 19.5 Å². The van der Waals surface area contributed by atoms with Gasteiger partial charge in [-0.3, -0.25) is 9.59 Å². The average Bonchev–Trinajstić information content (AvgIpc) is 2.66. The highest BCUT2D eigenvalue weighted by atomic mass is 16.5. The van der Waals surface area contributed by atoms with Crippen molar-refractivity contribution in [1.82, 2.24) is 5.32 Å². The van der Waals surface area contributed by atoms with Crippen LogP contribution in [-0.4, -0.2) is 31.6 Å². The van der Waals surface area contributed by atoms with E-state index in [1.165, 1.54) is 0 Å². The van der Waals surface area contributed by atoms with E-state index in [9.17, 15) is 9.59 Å². The van der Waals surface area contributed by atoms with Crippen LogP contribution in [0.3, 0.4) is 0 Å². The molecule has 2 aromatic carbocycles. The van der Waals surface area contributed by atoms with E-state index in [0.29, 0.717) is 30.3 Å². The Kier molecular flexibility index (Phi) is 7.49. The summed E-state index contributed by atoms with van der Waals surface area (Å²) in [7, 11) is 0. The summed E-state index contributed by atoms with van der Waals surface area (Å²) in [6.45, 7) is 4.56. The summed E-state index contributed by atoms with van der Waals surface area (Å²) in [4.78, 5) is 24.2. The van der Waals surface area contributed by atoms with Crippen LogP contribution in [0.2, 0.25) is 0 Å². The van der Waals surface area contributed by atoms with Crippen molar-refractivity contribution in [2.75, 3.05) is 19.8 Å². The van der Waals surface area contributed by atoms with Crippen molar-refractivity contribution >= 4 is 11.9 Å². The van der Waals surface area contributed by atoms with E-state index in [2.05, 4.69) is 5.32 Å². The van der Waals surface area contributed by atoms with Crippen molar-refractivity contribution in [2.45, 2.75) is 20.5 Å². The van der Waals surface area contributed by atoms with E-state index in [4.69, 9.17) is 14.2 Å². The zero-order valence-corrected chi connectivity index (χ0v) is 15.0. The van der Waals surface area contributed by atoms with Crippen molar-refractivity contribution in [3.63, 3.8) is 0 Å². The van der Waals surface area contributed by atoms with Crippen LogP contribution in [0.5, 0.6) is 11.5 Å². The maximum atomic E-state index is 12.2. The average molecular weight is 357 g/mol. The van der Waals surface area contributed by atoms with Crippen LogP contribution in [0.1, 0.15) is 29.8 Å². The van der Waals surface area contributed by atoms with Gasteiger partial charge in [-0.1, -0.05) is 30.3 Å². The SMILES string of the molecule is CCOc1ccccc1COC(=O)CNC(=O)c1ccccc1OCC. The van der Waals surface area contributed by atoms with Gasteiger partial charge >= 0.3 is 5.97 Å². The van der Waals surface area contributed by atoms with Gasteiger partial charge in [-0.2, -0.15) is 0 Å². The Hall–Kier alpha value is -3.02. The first-order valence-electron chi connectivity index (χ1n) is 8.52. The van der Waals surface area contributed by atoms with Gasteiger partial charge in [-0.25, -0.2) is 0 Å². The molecule has 2 rings (SSSR count). The Morgan fingerprint density at radius 3 is 2.23 bits per heavy atom. The molecular formula is C20H23NO5. The van der Waals surface area contributed by atoms with E-state index >= 15 is 0 Å². The van der Waals surface area contributed by atoms with E-state index in [0.717, 1.165) is 5.56 Å². The van der Waals surface area contributed by atoms with E-state index in [1.807, 2.05) is 38.1 Å². The summed E-state index contributed by atoms with van der Waals surface area (Å²) in [6.07, 6.45) is 0. The molecule has 0 spiro atoms. The van der Waals surface area contributed by atoms with Crippen molar-refractivity contribution < 1.29 is 23.8 Å². The Balaban J connectivity index is 1.86. The van der Waals surface area contributed by atoms with Gasteiger partial charge in [0.2, 0.25) is 0 Å². The maximum Gasteiger partial charge on any atom is 0.325 e. The van der Waals surface area contributed by atoms with Crippen LogP contribution in [0, 0.1) is 0 Å². The maximum absolute atomic E-state index is 12.2. The Morgan fingerprint density at radius 1 is 0.885 bits per heavy atom. The molecule has 0 atom stereocenters. The van der Waals surface area contributed by atoms with Crippen LogP contribution in [0.4, 0.5) is 0 Å². The fourth-order valence-electron chi connectivity index (χ4n) is 2.31. The number of nitrogens with one attached hydrogen (secondary N) is 1. The minimum absolute atomic E-state index is 0.0837. The zero-order valence-electron chi connectivity index (χ0n) is 15.0. The summed E-state index contributed by atoms with van der Waals surface area (Å²) < 4.78 is 16.1. The predicted octanol–water partition coefficient (Wildman–Crippen LogP) is 2.96. The first-order valence-corrected chi connectivity index (χ1v) is 8.52. The van der Waals surface area contributed by atoms with Crippen LogP contribution >= 0.6 is 0 Å². The Labute approximate surface area is 153 Å². The lowest BCUT2D eigenvalue weighted by Crippen LogP contribution is -2.30. The molecule has 0 saturated carbocycles. The molecule has 26 heavy (non-hydrogen) atoms. The van der Waals surface area contributed by atoms with E-state index in [-0.39, 0.29) is 19.1 Å². The standard InChI is InChI=1S/C20H23NO5/c1-3-24-17-11-7-5-9-15(17)14-26-19(22)13-21-20(23)16-10-6-8-12-18(16)25-4-2/h5-12H,3-4,13-14H2,1-2H3,(H,21,23). The largest absolute Gasteiger partial charge is 0.493 e. The minimum atomic E-state index is -0.529. The molecule has 2 aromatic rings. The summed E-state index contributed by atoms with van der Waals surface area (Å²) in [6, 6.07) is 14.2. The number of para-hydroxylation sites is 2. The number of rotatable bonds is 9. The monoisotopic (exact) mass is 357 g/mol. The Bertz CT molecular complexity index is 744. The molecule has 0 radical (unpaired) electrons. The van der Waals surface area contributed by atoms with Crippen LogP contribution in [0.25, 0.3) is 0 Å². The van der Waals surface area contributed by atoms with Crippen molar-refractivity contribution in [1.29, 1.82) is 0 Å². The Morgan fingerprint density at radius 2 is 1.50 bits per heavy atom. The topological polar surface area (TPSA) is 73.9 Å². The van der Waals surface area contributed by atoms with Gasteiger partial charge in [0.05, 0.1) is 18.8 Å². The molecule has 6 nitrogen and oxygen atoms in total. The molecule has 6 heteroatoms. The molecule has 0 aliphatic rings. The molecule has 0 bridgehead atoms. The highest BCUT2D eigenvalue weighted by molar-refractivity contribution is 5.98. The molecule has 0 saturated heterocycles. The lowest BCUT2D eigenvalue weighted by Gasteiger charge is -2.12. The number of amides is 1. The second-order valence-corrected chi connectivity index (χ2v) is 5.31. The van der Waals surface area contributed by atoms with Crippen LogP contribution < -0.4 is 14.8 Å². The highest BCUT2D eigenvalue weighted by Crippen LogP contribution is 2.19. The van der Waals surface area contributed by atoms with Gasteiger partial charge in [0, 0.05) is 5.56 Å². The number of ether oxygens (including phenoxy) is 3. The predicted molar refractivity (Wildman–Crippen MR) is 97.4 cm³/mol. The zero-order chi connectivity index (χ0) is 18.8. The second kappa shape index (κ2) is 10.1. The molecule has 0 heterocycles. The minimum Gasteiger partial charge on any atom is -0.493 e. The summed E-state index contributed by atoms with van der Waals surface area (Å²) in [5, 5.41) is 2.55. The molecule has 0 unspecified atom stereocenters. The molecule has 1 amide bonds. The van der Waals surface area contributed by atoms with Crippen LogP contribution in [0.15, 0.2) is 48.5 Å². The second-order valence-electron chi connectivity index (χ2n) is 5.31. The van der Waals surface area contributed by atoms with Crippen molar-refractivity contribution in [2.24, 2.45) is 0 Å². The third-order valence-corrected chi connectivity index (χ3v) is 3.49. The first-order chi connectivity index (χ1) is 12.7. The number of carbonyl (C=O) groups excluding carboxylic acids is 2. The fraction of sp³-hybridized carbons (Fsp3) is 0.300. The van der Waals surface area contributed by atoms with Crippen molar-refractivity contribution in [3.8, 4) is 11.5 Å². The third kappa shape index (κ3) is 5.51. The molecule has 0 aromatic heterocycles. The third-order valence-electron chi connectivity index (χ3n) is 3.49. The lowest BCUT2D eigenvalue weighted by molar-refractivity contribution is -0.143. The van der Waals surface area contributed by atoms with E-state index < -0.39 is 5.97 Å². The summed E-state index contributed by atoms with van der Waals surface area (Å²) >= 11 is 0. The number of hydrogen-bond donors (Lipinski definition) is 1. The molecular weight excluding hydrogens is 334 g/mol. The molecule has 0 fully saturated rings. The van der Waals surface area contributed by atoms with Gasteiger partial charge in [-0.05, 0) is 32.0 Å². The summed E-state index contributed by atoms with van der Waals surface area (Å²) in [5.41, 5.74) is 1.15. The highest BCUT2D eigenvalue weighted by Gasteiger charge is 2.14. The first kappa shape index (κ1) is 19.3. The van der Waals surface area contributed by atoms with Gasteiger partial charge in [-0.15, -0.1) is 0 Å². The fourth-order valence-corrected chi connectivity index (χ4v) is 2.31. The van der Waals surface area contributed by atoms with Gasteiger partial charge in [0.25, 0.3) is 5.91 Å². The van der Waals surface area contributed by atoms with Gasteiger partial charge in [0.1, 0.15) is 24.7 Å². The smallest absolute Gasteiger partial charge is 0.325 e. The number of hydrogen-bond acceptors (Lipinski definition) is 5. The molecule has 138 valence electrons. The normalized spacial score (nSPS) is 10.1. The van der Waals surface area contributed by atoms with E-state index in [1.54, 1.807) is 24.3 Å². The van der Waals surface area contributed by atoms with Crippen molar-refractivity contribution in [3.05, 3.63) is 59.7 Å². The molecule has 1 N–H and O–H groups in total.